The van der Waals surface area contributed by atoms with Gasteiger partial charge < -0.3 is 10.6 Å². The minimum absolute atomic E-state index is 0.00383. The lowest BCUT2D eigenvalue weighted by atomic mass is 10.1. The number of sulfone groups is 1. The molecule has 0 aliphatic carbocycles. The molecule has 20 heavy (non-hydrogen) atoms. The normalized spacial score (nSPS) is 13.1. The zero-order valence-corrected chi connectivity index (χ0v) is 13.1. The van der Waals surface area contributed by atoms with Gasteiger partial charge in [0.25, 0.3) is 0 Å². The van der Waals surface area contributed by atoms with E-state index in [0.717, 1.165) is 0 Å². The number of carbonyl (C=O) groups excluding carboxylic acids is 1. The van der Waals surface area contributed by atoms with Crippen molar-refractivity contribution in [3.05, 3.63) is 29.8 Å². The Morgan fingerprint density at radius 2 is 1.70 bits per heavy atom. The molecule has 6 heteroatoms. The van der Waals surface area contributed by atoms with Gasteiger partial charge in [0.2, 0.25) is 0 Å². The molecule has 0 aliphatic heterocycles. The van der Waals surface area contributed by atoms with Crippen LogP contribution in [-0.4, -0.2) is 26.7 Å². The van der Waals surface area contributed by atoms with Gasteiger partial charge in [-0.2, -0.15) is 0 Å². The van der Waals surface area contributed by atoms with Crippen molar-refractivity contribution in [3.8, 4) is 0 Å². The largest absolute Gasteiger partial charge is 0.335 e. The second-order valence-electron chi connectivity index (χ2n) is 5.40. The standard InChI is InChI=1S/C14H22N2O3S/c1-10(2)11(3)15-14(17)16-13-7-5-12(6-8-13)9-20(4,18)19/h5-8,10-11H,9H2,1-4H3,(H2,15,16,17)/t11-/m1/s1. The summed E-state index contributed by atoms with van der Waals surface area (Å²) in [4.78, 5) is 11.7. The number of anilines is 1. The van der Waals surface area contributed by atoms with Gasteiger partial charge in [-0.15, -0.1) is 0 Å². The Kier molecular flexibility index (Phi) is 5.56. The summed E-state index contributed by atoms with van der Waals surface area (Å²) < 4.78 is 22.3. The first-order valence-corrected chi connectivity index (χ1v) is 8.57. The van der Waals surface area contributed by atoms with Crippen molar-refractivity contribution in [2.24, 2.45) is 5.92 Å². The molecule has 0 fully saturated rings. The summed E-state index contributed by atoms with van der Waals surface area (Å²) in [5.74, 6) is 0.363. The maximum absolute atomic E-state index is 11.7. The second kappa shape index (κ2) is 6.74. The van der Waals surface area contributed by atoms with Crippen LogP contribution < -0.4 is 10.6 Å². The van der Waals surface area contributed by atoms with Crippen LogP contribution >= 0.6 is 0 Å². The molecule has 0 saturated carbocycles. The van der Waals surface area contributed by atoms with E-state index in [4.69, 9.17) is 0 Å². The van der Waals surface area contributed by atoms with Crippen molar-refractivity contribution < 1.29 is 13.2 Å². The Balaban J connectivity index is 2.59. The van der Waals surface area contributed by atoms with Crippen molar-refractivity contribution in [1.29, 1.82) is 0 Å². The Morgan fingerprint density at radius 3 is 2.15 bits per heavy atom. The SMILES string of the molecule is CC(C)[C@@H](C)NC(=O)Nc1ccc(CS(C)(=O)=O)cc1. The number of amides is 2. The van der Waals surface area contributed by atoms with Crippen molar-refractivity contribution in [3.63, 3.8) is 0 Å². The van der Waals surface area contributed by atoms with Crippen molar-refractivity contribution in [1.82, 2.24) is 5.32 Å². The first-order chi connectivity index (χ1) is 9.17. The van der Waals surface area contributed by atoms with E-state index in [2.05, 4.69) is 10.6 Å². The maximum atomic E-state index is 11.7. The van der Waals surface area contributed by atoms with Crippen LogP contribution in [0.5, 0.6) is 0 Å². The molecule has 5 nitrogen and oxygen atoms in total. The Hall–Kier alpha value is -1.56. The predicted molar refractivity (Wildman–Crippen MR) is 81.4 cm³/mol. The highest BCUT2D eigenvalue weighted by molar-refractivity contribution is 7.89. The number of carbonyl (C=O) groups is 1. The molecule has 1 rings (SSSR count). The molecule has 0 radical (unpaired) electrons. The van der Waals surface area contributed by atoms with Crippen LogP contribution in [0, 0.1) is 5.92 Å². The van der Waals surface area contributed by atoms with Gasteiger partial charge in [0.1, 0.15) is 0 Å². The van der Waals surface area contributed by atoms with Gasteiger partial charge in [-0.1, -0.05) is 26.0 Å². The summed E-state index contributed by atoms with van der Waals surface area (Å²) >= 11 is 0. The monoisotopic (exact) mass is 298 g/mol. The fraction of sp³-hybridized carbons (Fsp3) is 0.500. The summed E-state index contributed by atoms with van der Waals surface area (Å²) in [6, 6.07) is 6.60. The molecule has 0 unspecified atom stereocenters. The lowest BCUT2D eigenvalue weighted by Crippen LogP contribution is -2.38. The topological polar surface area (TPSA) is 75.3 Å². The fourth-order valence-electron chi connectivity index (χ4n) is 1.53. The molecular weight excluding hydrogens is 276 g/mol. The highest BCUT2D eigenvalue weighted by Crippen LogP contribution is 2.12. The molecule has 0 heterocycles. The van der Waals surface area contributed by atoms with Crippen LogP contribution in [0.3, 0.4) is 0 Å². The van der Waals surface area contributed by atoms with Gasteiger partial charge in [-0.25, -0.2) is 13.2 Å². The number of hydrogen-bond acceptors (Lipinski definition) is 3. The smallest absolute Gasteiger partial charge is 0.319 e. The van der Waals surface area contributed by atoms with Gasteiger partial charge in [0.15, 0.2) is 9.84 Å². The molecule has 2 amide bonds. The Labute approximate surface area is 120 Å². The third kappa shape index (κ3) is 6.06. The second-order valence-corrected chi connectivity index (χ2v) is 7.54. The van der Waals surface area contributed by atoms with E-state index < -0.39 is 9.84 Å². The minimum Gasteiger partial charge on any atom is -0.335 e. The van der Waals surface area contributed by atoms with Crippen LogP contribution in [0.1, 0.15) is 26.3 Å². The van der Waals surface area contributed by atoms with Crippen molar-refractivity contribution >= 4 is 21.6 Å². The van der Waals surface area contributed by atoms with Gasteiger partial charge >= 0.3 is 6.03 Å². The molecule has 0 aliphatic rings. The van der Waals surface area contributed by atoms with Gasteiger partial charge in [0, 0.05) is 18.0 Å². The van der Waals surface area contributed by atoms with E-state index in [-0.39, 0.29) is 17.8 Å². The summed E-state index contributed by atoms with van der Waals surface area (Å²) in [6.07, 6.45) is 1.19. The molecule has 0 aromatic heterocycles. The van der Waals surface area contributed by atoms with Crippen LogP contribution in [0.15, 0.2) is 24.3 Å². The molecule has 1 aromatic rings. The first-order valence-electron chi connectivity index (χ1n) is 6.51. The summed E-state index contributed by atoms with van der Waals surface area (Å²) in [6.45, 7) is 6.01. The van der Waals surface area contributed by atoms with Gasteiger partial charge in [-0.05, 0) is 30.5 Å². The highest BCUT2D eigenvalue weighted by atomic mass is 32.2. The quantitative estimate of drug-likeness (QED) is 0.876. The summed E-state index contributed by atoms with van der Waals surface area (Å²) in [7, 11) is -3.04. The molecule has 1 aromatic carbocycles. The van der Waals surface area contributed by atoms with Crippen LogP contribution in [0.2, 0.25) is 0 Å². The number of hydrogen-bond donors (Lipinski definition) is 2. The Bertz CT molecular complexity index is 550. The third-order valence-electron chi connectivity index (χ3n) is 3.00. The van der Waals surface area contributed by atoms with E-state index in [9.17, 15) is 13.2 Å². The summed E-state index contributed by atoms with van der Waals surface area (Å²) in [5.41, 5.74) is 1.34. The fourth-order valence-corrected chi connectivity index (χ4v) is 2.33. The Morgan fingerprint density at radius 1 is 1.15 bits per heavy atom. The minimum atomic E-state index is -3.04. The third-order valence-corrected chi connectivity index (χ3v) is 3.86. The molecule has 2 N–H and O–H groups in total. The highest BCUT2D eigenvalue weighted by Gasteiger charge is 2.10. The zero-order chi connectivity index (χ0) is 15.3. The first kappa shape index (κ1) is 16.5. The van der Waals surface area contributed by atoms with E-state index in [1.807, 2.05) is 20.8 Å². The predicted octanol–water partition coefficient (Wildman–Crippen LogP) is 2.40. The lowest BCUT2D eigenvalue weighted by Gasteiger charge is -2.17. The summed E-state index contributed by atoms with van der Waals surface area (Å²) in [5, 5.41) is 5.55. The van der Waals surface area contributed by atoms with Crippen molar-refractivity contribution in [2.45, 2.75) is 32.6 Å². The number of benzene rings is 1. The van der Waals surface area contributed by atoms with Crippen molar-refractivity contribution in [2.75, 3.05) is 11.6 Å². The van der Waals surface area contributed by atoms with E-state index in [1.54, 1.807) is 24.3 Å². The molecule has 0 spiro atoms. The molecule has 0 bridgehead atoms. The van der Waals surface area contributed by atoms with Crippen LogP contribution in [-0.2, 0) is 15.6 Å². The van der Waals surface area contributed by atoms with E-state index >= 15 is 0 Å². The van der Waals surface area contributed by atoms with Crippen LogP contribution in [0.4, 0.5) is 10.5 Å². The molecule has 112 valence electrons. The maximum Gasteiger partial charge on any atom is 0.319 e. The molecule has 0 saturated heterocycles. The number of nitrogens with one attached hydrogen (secondary N) is 2. The number of urea groups is 1. The number of rotatable bonds is 5. The van der Waals surface area contributed by atoms with Crippen LogP contribution in [0.25, 0.3) is 0 Å². The average Bonchev–Trinajstić information content (AvgIpc) is 2.29. The van der Waals surface area contributed by atoms with Gasteiger partial charge in [-0.3, -0.25) is 0 Å². The van der Waals surface area contributed by atoms with E-state index in [0.29, 0.717) is 17.2 Å². The lowest BCUT2D eigenvalue weighted by molar-refractivity contribution is 0.246. The zero-order valence-electron chi connectivity index (χ0n) is 12.3. The average molecular weight is 298 g/mol. The van der Waals surface area contributed by atoms with Gasteiger partial charge in [0.05, 0.1) is 5.75 Å². The molecular formula is C14H22N2O3S. The molecule has 1 atom stereocenters. The van der Waals surface area contributed by atoms with E-state index in [1.165, 1.54) is 6.26 Å².